The highest BCUT2D eigenvalue weighted by molar-refractivity contribution is 6.04. The third-order valence-electron chi connectivity index (χ3n) is 9.65. The lowest BCUT2D eigenvalue weighted by Crippen LogP contribution is -2.32. The minimum absolute atomic E-state index is 0.0680. The van der Waals surface area contributed by atoms with Gasteiger partial charge in [-0.15, -0.1) is 0 Å². The number of hydrogen-bond acceptors (Lipinski definition) is 4. The van der Waals surface area contributed by atoms with E-state index in [1.54, 1.807) is 0 Å². The Labute approximate surface area is 303 Å². The minimum atomic E-state index is -0.0680. The molecule has 1 N–H and O–H groups in total. The summed E-state index contributed by atoms with van der Waals surface area (Å²) in [5, 5.41) is 3.84. The Balaban J connectivity index is 1.18. The maximum Gasteiger partial charge on any atom is 0.134 e. The second-order valence-corrected chi connectivity index (χ2v) is 13.0. The first-order chi connectivity index (χ1) is 25.7. The Bertz CT molecular complexity index is 2390. The number of fused-ring (bicyclic) bond motifs is 1. The van der Waals surface area contributed by atoms with Crippen molar-refractivity contribution >= 4 is 11.5 Å². The fourth-order valence-corrected chi connectivity index (χ4v) is 6.93. The topological polar surface area (TPSA) is 50.2 Å². The molecule has 8 aromatic rings. The number of pyridine rings is 2. The summed E-state index contributed by atoms with van der Waals surface area (Å²) in [6.45, 7) is 0. The first-order valence-electron chi connectivity index (χ1n) is 17.5. The molecule has 0 saturated heterocycles. The van der Waals surface area contributed by atoms with Crippen LogP contribution in [0.5, 0.6) is 0 Å². The summed E-state index contributed by atoms with van der Waals surface area (Å²) >= 11 is 0. The first-order valence-corrected chi connectivity index (χ1v) is 17.5. The van der Waals surface area contributed by atoms with E-state index in [0.717, 1.165) is 73.0 Å². The fraction of sp³-hybridized carbons (Fsp3) is 0.0208. The van der Waals surface area contributed by atoms with Crippen LogP contribution in [-0.2, 0) is 0 Å². The zero-order valence-electron chi connectivity index (χ0n) is 28.4. The highest BCUT2D eigenvalue weighted by Crippen LogP contribution is 2.39. The van der Waals surface area contributed by atoms with Gasteiger partial charge in [0.1, 0.15) is 5.84 Å². The minimum Gasteiger partial charge on any atom is -0.359 e. The van der Waals surface area contributed by atoms with Crippen LogP contribution >= 0.6 is 0 Å². The van der Waals surface area contributed by atoms with Gasteiger partial charge in [0, 0.05) is 40.2 Å². The lowest BCUT2D eigenvalue weighted by atomic mass is 9.91. The van der Waals surface area contributed by atoms with Crippen LogP contribution in [0.15, 0.2) is 199 Å². The summed E-state index contributed by atoms with van der Waals surface area (Å²) in [5.41, 5.74) is 14.9. The molecule has 0 aliphatic carbocycles. The summed E-state index contributed by atoms with van der Waals surface area (Å²) < 4.78 is 0. The zero-order valence-corrected chi connectivity index (χ0v) is 28.4. The number of amidine groups is 1. The van der Waals surface area contributed by atoms with Gasteiger partial charge in [-0.1, -0.05) is 140 Å². The fourth-order valence-electron chi connectivity index (χ4n) is 6.93. The van der Waals surface area contributed by atoms with Gasteiger partial charge in [-0.3, -0.25) is 9.97 Å². The van der Waals surface area contributed by atoms with Crippen LogP contribution in [0.1, 0.15) is 22.7 Å². The summed E-state index contributed by atoms with van der Waals surface area (Å²) in [6, 6.07) is 63.6. The Morgan fingerprint density at radius 2 is 0.962 bits per heavy atom. The Hall–Kier alpha value is -6.91. The normalized spacial score (nSPS) is 13.5. The predicted octanol–water partition coefficient (Wildman–Crippen LogP) is 11.6. The van der Waals surface area contributed by atoms with Gasteiger partial charge in [0.2, 0.25) is 0 Å². The largest absolute Gasteiger partial charge is 0.359 e. The van der Waals surface area contributed by atoms with E-state index in [1.807, 2.05) is 42.7 Å². The van der Waals surface area contributed by atoms with E-state index in [4.69, 9.17) is 9.98 Å². The molecule has 1 aliphatic rings. The van der Waals surface area contributed by atoms with Crippen LogP contribution in [0.25, 0.3) is 55.9 Å². The summed E-state index contributed by atoms with van der Waals surface area (Å²) in [5.74, 6) is 0.820. The van der Waals surface area contributed by atoms with E-state index in [-0.39, 0.29) is 6.04 Å². The van der Waals surface area contributed by atoms with Crippen LogP contribution in [-0.4, -0.2) is 15.8 Å². The van der Waals surface area contributed by atoms with Gasteiger partial charge in [-0.25, -0.2) is 4.99 Å². The number of aromatic nitrogens is 2. The highest BCUT2D eigenvalue weighted by atomic mass is 15.1. The Morgan fingerprint density at radius 3 is 1.65 bits per heavy atom. The maximum absolute atomic E-state index is 5.33. The standard InChI is InChI=1S/C48H34N4/c1-4-12-33(13-5-1)38-23-25-43-46(31-38)51-48(52-47(43)37-16-8-3-9-17-37)42-29-40(35-19-21-36(22-20-35)44-18-10-11-27-49-44)28-41(30-42)45-26-24-39(32-50-45)34-14-6-2-7-15-34/h1-32,47H,(H,51,52). The van der Waals surface area contributed by atoms with Gasteiger partial charge in [0.15, 0.2) is 0 Å². The van der Waals surface area contributed by atoms with Crippen molar-refractivity contribution < 1.29 is 0 Å². The second-order valence-electron chi connectivity index (χ2n) is 13.0. The number of nitrogens with one attached hydrogen (secondary N) is 1. The molecule has 1 aliphatic heterocycles. The molecule has 0 saturated carbocycles. The monoisotopic (exact) mass is 666 g/mol. The molecule has 1 unspecified atom stereocenters. The summed E-state index contributed by atoms with van der Waals surface area (Å²) in [6.07, 6.45) is 3.79. The van der Waals surface area contributed by atoms with Gasteiger partial charge < -0.3 is 5.32 Å². The summed E-state index contributed by atoms with van der Waals surface area (Å²) in [4.78, 5) is 14.9. The predicted molar refractivity (Wildman–Crippen MR) is 213 cm³/mol. The van der Waals surface area contributed by atoms with Crippen molar-refractivity contribution in [2.24, 2.45) is 4.99 Å². The van der Waals surface area contributed by atoms with Crippen molar-refractivity contribution in [3.05, 3.63) is 211 Å². The second kappa shape index (κ2) is 13.8. The average molecular weight is 667 g/mol. The Morgan fingerprint density at radius 1 is 0.385 bits per heavy atom. The van der Waals surface area contributed by atoms with Crippen LogP contribution in [0.4, 0.5) is 5.69 Å². The molecule has 0 bridgehead atoms. The summed E-state index contributed by atoms with van der Waals surface area (Å²) in [7, 11) is 0. The highest BCUT2D eigenvalue weighted by Gasteiger charge is 2.25. The molecule has 52 heavy (non-hydrogen) atoms. The molecule has 0 spiro atoms. The molecule has 4 heteroatoms. The molecule has 0 radical (unpaired) electrons. The third-order valence-corrected chi connectivity index (χ3v) is 9.65. The van der Waals surface area contributed by atoms with Gasteiger partial charge in [0.25, 0.3) is 0 Å². The SMILES string of the molecule is c1ccc(-c2ccc(-c3cc(C4=Nc5cc(-c6ccccc6)ccc5C(c5ccccc5)N4)cc(-c4ccc(-c5ccccn5)cc4)c3)nc2)cc1. The van der Waals surface area contributed by atoms with Crippen LogP contribution in [0, 0.1) is 0 Å². The van der Waals surface area contributed by atoms with E-state index in [1.165, 1.54) is 11.1 Å². The van der Waals surface area contributed by atoms with E-state index in [2.05, 4.69) is 162 Å². The molecule has 6 aromatic carbocycles. The quantitative estimate of drug-likeness (QED) is 0.184. The Kier molecular flexibility index (Phi) is 8.24. The van der Waals surface area contributed by atoms with Gasteiger partial charge in [-0.05, 0) is 75.8 Å². The third kappa shape index (κ3) is 6.30. The number of nitrogens with zero attached hydrogens (tertiary/aromatic N) is 3. The number of hydrogen-bond donors (Lipinski definition) is 1. The molecule has 3 heterocycles. The van der Waals surface area contributed by atoms with Gasteiger partial charge >= 0.3 is 0 Å². The molecule has 0 amide bonds. The molecule has 0 fully saturated rings. The van der Waals surface area contributed by atoms with E-state index in [0.29, 0.717) is 0 Å². The molecule has 2 aromatic heterocycles. The molecule has 9 rings (SSSR count). The molecule has 1 atom stereocenters. The zero-order chi connectivity index (χ0) is 34.7. The van der Waals surface area contributed by atoms with Crippen molar-refractivity contribution in [3.8, 4) is 55.9 Å². The van der Waals surface area contributed by atoms with Crippen LogP contribution < -0.4 is 5.32 Å². The molecular weight excluding hydrogens is 633 g/mol. The van der Waals surface area contributed by atoms with Gasteiger partial charge in [0.05, 0.1) is 23.1 Å². The van der Waals surface area contributed by atoms with Crippen molar-refractivity contribution in [1.29, 1.82) is 0 Å². The van der Waals surface area contributed by atoms with Crippen molar-refractivity contribution in [3.63, 3.8) is 0 Å². The van der Waals surface area contributed by atoms with Crippen molar-refractivity contribution in [1.82, 2.24) is 15.3 Å². The average Bonchev–Trinajstić information content (AvgIpc) is 3.24. The van der Waals surface area contributed by atoms with Crippen molar-refractivity contribution in [2.45, 2.75) is 6.04 Å². The number of aliphatic imine (C=N–C) groups is 1. The molecule has 246 valence electrons. The van der Waals surface area contributed by atoms with E-state index < -0.39 is 0 Å². The lowest BCUT2D eigenvalue weighted by molar-refractivity contribution is 0.749. The van der Waals surface area contributed by atoms with Crippen molar-refractivity contribution in [2.75, 3.05) is 0 Å². The molecular formula is C48H34N4. The molecule has 4 nitrogen and oxygen atoms in total. The lowest BCUT2D eigenvalue weighted by Gasteiger charge is -2.28. The smallest absolute Gasteiger partial charge is 0.134 e. The van der Waals surface area contributed by atoms with Crippen LogP contribution in [0.3, 0.4) is 0 Å². The van der Waals surface area contributed by atoms with E-state index in [9.17, 15) is 0 Å². The van der Waals surface area contributed by atoms with Crippen LogP contribution in [0.2, 0.25) is 0 Å². The van der Waals surface area contributed by atoms with Gasteiger partial charge in [-0.2, -0.15) is 0 Å². The maximum atomic E-state index is 5.33. The first kappa shape index (κ1) is 31.1. The number of rotatable bonds is 7. The number of benzene rings is 6. The van der Waals surface area contributed by atoms with E-state index >= 15 is 0 Å².